The third-order valence-corrected chi connectivity index (χ3v) is 6.36. The van der Waals surface area contributed by atoms with Crippen LogP contribution in [0.25, 0.3) is 0 Å². The Hall–Kier alpha value is -1.04. The van der Waals surface area contributed by atoms with Crippen LogP contribution in [0.5, 0.6) is 0 Å². The van der Waals surface area contributed by atoms with Gasteiger partial charge in [-0.1, -0.05) is 38.5 Å². The normalized spacial score (nSPS) is 27.9. The van der Waals surface area contributed by atoms with E-state index in [1.807, 2.05) is 0 Å². The van der Waals surface area contributed by atoms with E-state index in [2.05, 4.69) is 40.9 Å². The Balaban J connectivity index is 1.53. The Labute approximate surface area is 143 Å². The zero-order valence-corrected chi connectivity index (χ0v) is 15.2. The standard InChI is InChI=1S/C17H28N4OS/c1-4-21-16(13-8-9-13)19-20-17(21)23-10-15(22)18-14-7-5-6-11(2)12(14)3/h11-14H,4-10H2,1-3H3,(H,18,22)/t11-,12+,14-/m1/s1. The summed E-state index contributed by atoms with van der Waals surface area (Å²) in [6, 6.07) is 0.331. The first kappa shape index (κ1) is 16.8. The van der Waals surface area contributed by atoms with Crippen LogP contribution >= 0.6 is 11.8 Å². The van der Waals surface area contributed by atoms with Gasteiger partial charge in [0.05, 0.1) is 5.75 Å². The fourth-order valence-electron chi connectivity index (χ4n) is 3.51. The van der Waals surface area contributed by atoms with Crippen LogP contribution in [0.3, 0.4) is 0 Å². The van der Waals surface area contributed by atoms with E-state index in [-0.39, 0.29) is 5.91 Å². The molecular formula is C17H28N4OS. The van der Waals surface area contributed by atoms with E-state index in [1.54, 1.807) is 0 Å². The molecule has 1 amide bonds. The SMILES string of the molecule is CCn1c(SCC(=O)N[C@@H]2CCC[C@@H](C)[C@@H]2C)nnc1C1CC1. The highest BCUT2D eigenvalue weighted by atomic mass is 32.2. The molecule has 0 aliphatic heterocycles. The molecule has 2 aliphatic carbocycles. The van der Waals surface area contributed by atoms with E-state index < -0.39 is 0 Å². The number of carbonyl (C=O) groups excluding carboxylic acids is 1. The number of nitrogens with zero attached hydrogens (tertiary/aromatic N) is 3. The van der Waals surface area contributed by atoms with Gasteiger partial charge in [-0.15, -0.1) is 10.2 Å². The van der Waals surface area contributed by atoms with Crippen LogP contribution in [0, 0.1) is 11.8 Å². The van der Waals surface area contributed by atoms with E-state index in [1.165, 1.54) is 37.4 Å². The molecule has 6 heteroatoms. The monoisotopic (exact) mass is 336 g/mol. The highest BCUT2D eigenvalue weighted by Gasteiger charge is 2.30. The highest BCUT2D eigenvalue weighted by molar-refractivity contribution is 7.99. The molecule has 1 N–H and O–H groups in total. The molecular weight excluding hydrogens is 308 g/mol. The lowest BCUT2D eigenvalue weighted by Gasteiger charge is -2.34. The summed E-state index contributed by atoms with van der Waals surface area (Å²) in [5.74, 6) is 3.52. The maximum absolute atomic E-state index is 12.3. The number of hydrogen-bond acceptors (Lipinski definition) is 4. The van der Waals surface area contributed by atoms with Gasteiger partial charge in [0.2, 0.25) is 5.91 Å². The largest absolute Gasteiger partial charge is 0.352 e. The highest BCUT2D eigenvalue weighted by Crippen LogP contribution is 2.40. The van der Waals surface area contributed by atoms with Gasteiger partial charge in [-0.25, -0.2) is 0 Å². The number of rotatable bonds is 6. The summed E-state index contributed by atoms with van der Waals surface area (Å²) in [5.41, 5.74) is 0. The minimum Gasteiger partial charge on any atom is -0.352 e. The Kier molecular flexibility index (Phi) is 5.29. The minimum absolute atomic E-state index is 0.125. The lowest BCUT2D eigenvalue weighted by molar-refractivity contribution is -0.120. The molecule has 128 valence electrons. The van der Waals surface area contributed by atoms with Crippen molar-refractivity contribution in [3.8, 4) is 0 Å². The molecule has 0 spiro atoms. The van der Waals surface area contributed by atoms with Gasteiger partial charge in [0.1, 0.15) is 5.82 Å². The predicted octanol–water partition coefficient (Wildman–Crippen LogP) is 3.21. The van der Waals surface area contributed by atoms with Gasteiger partial charge in [-0.2, -0.15) is 0 Å². The zero-order valence-electron chi connectivity index (χ0n) is 14.4. The second-order valence-corrected chi connectivity index (χ2v) is 8.03. The Morgan fingerprint density at radius 2 is 2.04 bits per heavy atom. The fraction of sp³-hybridized carbons (Fsp3) is 0.824. The first-order valence-electron chi connectivity index (χ1n) is 8.95. The second kappa shape index (κ2) is 7.24. The smallest absolute Gasteiger partial charge is 0.230 e. The molecule has 0 radical (unpaired) electrons. The summed E-state index contributed by atoms with van der Waals surface area (Å²) < 4.78 is 2.17. The summed E-state index contributed by atoms with van der Waals surface area (Å²) >= 11 is 1.51. The Morgan fingerprint density at radius 1 is 1.26 bits per heavy atom. The second-order valence-electron chi connectivity index (χ2n) is 7.09. The first-order valence-corrected chi connectivity index (χ1v) is 9.94. The van der Waals surface area contributed by atoms with Crippen molar-refractivity contribution in [2.24, 2.45) is 11.8 Å². The number of amides is 1. The van der Waals surface area contributed by atoms with Crippen LogP contribution in [-0.4, -0.2) is 32.5 Å². The van der Waals surface area contributed by atoms with Crippen LogP contribution in [-0.2, 0) is 11.3 Å². The zero-order chi connectivity index (χ0) is 16.4. The van der Waals surface area contributed by atoms with E-state index in [4.69, 9.17) is 0 Å². The summed E-state index contributed by atoms with van der Waals surface area (Å²) in [4.78, 5) is 12.3. The molecule has 2 aliphatic rings. The average molecular weight is 337 g/mol. The Bertz CT molecular complexity index is 555. The van der Waals surface area contributed by atoms with Crippen molar-refractivity contribution in [2.75, 3.05) is 5.75 Å². The van der Waals surface area contributed by atoms with E-state index in [9.17, 15) is 4.79 Å². The molecule has 2 saturated carbocycles. The topological polar surface area (TPSA) is 59.8 Å². The molecule has 1 aromatic heterocycles. The average Bonchev–Trinajstić information content (AvgIpc) is 3.30. The molecule has 23 heavy (non-hydrogen) atoms. The summed E-state index contributed by atoms with van der Waals surface area (Å²) in [7, 11) is 0. The van der Waals surface area contributed by atoms with Crippen LogP contribution < -0.4 is 5.32 Å². The number of thioether (sulfide) groups is 1. The summed E-state index contributed by atoms with van der Waals surface area (Å²) in [5, 5.41) is 12.7. The van der Waals surface area contributed by atoms with E-state index in [0.29, 0.717) is 29.5 Å². The maximum atomic E-state index is 12.3. The van der Waals surface area contributed by atoms with Crippen LogP contribution in [0.1, 0.15) is 64.6 Å². The molecule has 1 aromatic rings. The third-order valence-electron chi connectivity index (χ3n) is 5.39. The van der Waals surface area contributed by atoms with Gasteiger partial charge in [0.25, 0.3) is 0 Å². The number of nitrogens with one attached hydrogen (secondary N) is 1. The van der Waals surface area contributed by atoms with Crippen molar-refractivity contribution in [1.82, 2.24) is 20.1 Å². The van der Waals surface area contributed by atoms with Crippen molar-refractivity contribution in [1.29, 1.82) is 0 Å². The number of hydrogen-bond donors (Lipinski definition) is 1. The predicted molar refractivity (Wildman–Crippen MR) is 92.5 cm³/mol. The van der Waals surface area contributed by atoms with Crippen molar-refractivity contribution in [3.05, 3.63) is 5.82 Å². The van der Waals surface area contributed by atoms with Gasteiger partial charge < -0.3 is 9.88 Å². The molecule has 1 heterocycles. The Morgan fingerprint density at radius 3 is 2.74 bits per heavy atom. The molecule has 0 bridgehead atoms. The molecule has 0 unspecified atom stereocenters. The molecule has 5 nitrogen and oxygen atoms in total. The molecule has 0 aromatic carbocycles. The van der Waals surface area contributed by atoms with Crippen LogP contribution in [0.4, 0.5) is 0 Å². The van der Waals surface area contributed by atoms with Gasteiger partial charge in [0.15, 0.2) is 5.16 Å². The van der Waals surface area contributed by atoms with Gasteiger partial charge in [0, 0.05) is 18.5 Å². The fourth-order valence-corrected chi connectivity index (χ4v) is 4.33. The molecule has 2 fully saturated rings. The quantitative estimate of drug-likeness (QED) is 0.810. The minimum atomic E-state index is 0.125. The van der Waals surface area contributed by atoms with Gasteiger partial charge >= 0.3 is 0 Å². The van der Waals surface area contributed by atoms with Crippen LogP contribution in [0.2, 0.25) is 0 Å². The van der Waals surface area contributed by atoms with E-state index >= 15 is 0 Å². The molecule has 3 rings (SSSR count). The third kappa shape index (κ3) is 3.90. The van der Waals surface area contributed by atoms with Crippen LogP contribution in [0.15, 0.2) is 5.16 Å². The maximum Gasteiger partial charge on any atom is 0.230 e. The summed E-state index contributed by atoms with van der Waals surface area (Å²) in [6.07, 6.45) is 6.06. The lowest BCUT2D eigenvalue weighted by atomic mass is 9.78. The van der Waals surface area contributed by atoms with Gasteiger partial charge in [-0.3, -0.25) is 4.79 Å². The van der Waals surface area contributed by atoms with Crippen molar-refractivity contribution in [3.63, 3.8) is 0 Å². The summed E-state index contributed by atoms with van der Waals surface area (Å²) in [6.45, 7) is 7.54. The van der Waals surface area contributed by atoms with Crippen molar-refractivity contribution in [2.45, 2.75) is 76.5 Å². The first-order chi connectivity index (χ1) is 11.1. The number of carbonyl (C=O) groups is 1. The number of aromatic nitrogens is 3. The van der Waals surface area contributed by atoms with E-state index in [0.717, 1.165) is 23.9 Å². The van der Waals surface area contributed by atoms with Gasteiger partial charge in [-0.05, 0) is 38.0 Å². The van der Waals surface area contributed by atoms with Crippen molar-refractivity contribution >= 4 is 17.7 Å². The lowest BCUT2D eigenvalue weighted by Crippen LogP contribution is -2.44. The molecule has 0 saturated heterocycles. The molecule has 3 atom stereocenters. The van der Waals surface area contributed by atoms with Crippen molar-refractivity contribution < 1.29 is 4.79 Å².